The van der Waals surface area contributed by atoms with Gasteiger partial charge in [-0.3, -0.25) is 4.31 Å². The van der Waals surface area contributed by atoms with Crippen LogP contribution in [0.1, 0.15) is 15.9 Å². The molecular weight excluding hydrogens is 332 g/mol. The second-order valence-electron chi connectivity index (χ2n) is 5.30. The largest absolute Gasteiger partial charge is 0.465 e. The van der Waals surface area contributed by atoms with Gasteiger partial charge in [0.15, 0.2) is 0 Å². The molecule has 1 N–H and O–H groups in total. The van der Waals surface area contributed by atoms with Crippen LogP contribution in [-0.4, -0.2) is 44.3 Å². The van der Waals surface area contributed by atoms with Crippen molar-refractivity contribution < 1.29 is 17.9 Å². The van der Waals surface area contributed by atoms with Crippen molar-refractivity contribution in [1.29, 1.82) is 0 Å². The molecule has 2 heterocycles. The van der Waals surface area contributed by atoms with E-state index in [1.807, 2.05) is 12.1 Å². The summed E-state index contributed by atoms with van der Waals surface area (Å²) in [6.07, 6.45) is 4.44. The van der Waals surface area contributed by atoms with E-state index >= 15 is 0 Å². The number of nitrogens with one attached hydrogen (secondary N) is 1. The zero-order chi connectivity index (χ0) is 17.3. The lowest BCUT2D eigenvalue weighted by molar-refractivity contribution is 0.0601. The number of esters is 1. The second kappa shape index (κ2) is 6.08. The lowest BCUT2D eigenvalue weighted by atomic mass is 10.1. The number of nitrogens with zero attached hydrogens (tertiary/aromatic N) is 3. The van der Waals surface area contributed by atoms with Gasteiger partial charge >= 0.3 is 5.97 Å². The maximum atomic E-state index is 12.0. The third kappa shape index (κ3) is 2.90. The molecule has 9 heteroatoms. The fourth-order valence-electron chi connectivity index (χ4n) is 2.67. The fraction of sp³-hybridized carbons (Fsp3) is 0.267. The number of methoxy groups -OCH3 is 1. The minimum atomic E-state index is -3.39. The van der Waals surface area contributed by atoms with Crippen molar-refractivity contribution in [3.8, 4) is 0 Å². The molecule has 24 heavy (non-hydrogen) atoms. The molecule has 3 rings (SSSR count). The number of carbonyl (C=O) groups excluding carboxylic acids is 1. The topological polar surface area (TPSA) is 101 Å². The highest BCUT2D eigenvalue weighted by Crippen LogP contribution is 2.38. The van der Waals surface area contributed by atoms with Crippen LogP contribution in [-0.2, 0) is 21.2 Å². The minimum absolute atomic E-state index is 0.168. The maximum Gasteiger partial charge on any atom is 0.343 e. The first-order valence-electron chi connectivity index (χ1n) is 7.16. The quantitative estimate of drug-likeness (QED) is 0.832. The predicted molar refractivity (Wildman–Crippen MR) is 89.0 cm³/mol. The molecule has 0 spiro atoms. The van der Waals surface area contributed by atoms with Crippen LogP contribution in [0.2, 0.25) is 0 Å². The van der Waals surface area contributed by atoms with Crippen molar-refractivity contribution in [2.45, 2.75) is 6.42 Å². The lowest BCUT2D eigenvalue weighted by Crippen LogP contribution is -2.28. The zero-order valence-corrected chi connectivity index (χ0v) is 14.0. The highest BCUT2D eigenvalue weighted by atomic mass is 32.2. The molecule has 0 radical (unpaired) electrons. The summed E-state index contributed by atoms with van der Waals surface area (Å²) < 4.78 is 30.1. The molecule has 8 nitrogen and oxygen atoms in total. The SMILES string of the molecule is COC(=O)c1cncnc1Nc1cccc2c1N(S(C)(=O)=O)CC2. The Labute approximate surface area is 139 Å². The van der Waals surface area contributed by atoms with Gasteiger partial charge in [-0.25, -0.2) is 23.2 Å². The summed E-state index contributed by atoms with van der Waals surface area (Å²) in [5, 5.41) is 3.03. The number of fused-ring (bicyclic) bond motifs is 1. The van der Waals surface area contributed by atoms with Crippen molar-refractivity contribution in [2.24, 2.45) is 0 Å². The Kier molecular flexibility index (Phi) is 4.10. The van der Waals surface area contributed by atoms with E-state index in [4.69, 9.17) is 4.74 Å². The molecule has 0 bridgehead atoms. The third-order valence-corrected chi connectivity index (χ3v) is 4.89. The summed E-state index contributed by atoms with van der Waals surface area (Å²) in [6, 6.07) is 5.45. The number of benzene rings is 1. The zero-order valence-electron chi connectivity index (χ0n) is 13.2. The standard InChI is InChI=1S/C15H16N4O4S/c1-23-15(20)11-8-16-9-17-14(11)18-12-5-3-4-10-6-7-19(13(10)12)24(2,21)22/h3-5,8-9H,6-7H2,1-2H3,(H,16,17,18). The van der Waals surface area contributed by atoms with Crippen LogP contribution in [0.15, 0.2) is 30.7 Å². The highest BCUT2D eigenvalue weighted by molar-refractivity contribution is 7.92. The van der Waals surface area contributed by atoms with E-state index in [0.29, 0.717) is 24.3 Å². The molecule has 126 valence electrons. The number of carbonyl (C=O) groups is 1. The first kappa shape index (κ1) is 16.2. The monoisotopic (exact) mass is 348 g/mol. The van der Waals surface area contributed by atoms with E-state index < -0.39 is 16.0 Å². The van der Waals surface area contributed by atoms with Gasteiger partial charge in [-0.1, -0.05) is 12.1 Å². The average Bonchev–Trinajstić information content (AvgIpc) is 3.00. The van der Waals surface area contributed by atoms with Gasteiger partial charge in [0.25, 0.3) is 0 Å². The van der Waals surface area contributed by atoms with Crippen LogP contribution < -0.4 is 9.62 Å². The van der Waals surface area contributed by atoms with Crippen molar-refractivity contribution in [3.63, 3.8) is 0 Å². The number of aromatic nitrogens is 2. The van der Waals surface area contributed by atoms with Gasteiger partial charge in [-0.05, 0) is 18.1 Å². The first-order valence-corrected chi connectivity index (χ1v) is 9.01. The molecule has 0 unspecified atom stereocenters. The normalized spacial score (nSPS) is 13.5. The van der Waals surface area contributed by atoms with Crippen LogP contribution in [0, 0.1) is 0 Å². The number of sulfonamides is 1. The van der Waals surface area contributed by atoms with Gasteiger partial charge < -0.3 is 10.1 Å². The summed E-state index contributed by atoms with van der Waals surface area (Å²) >= 11 is 0. The van der Waals surface area contributed by atoms with Crippen LogP contribution in [0.4, 0.5) is 17.2 Å². The van der Waals surface area contributed by atoms with E-state index in [2.05, 4.69) is 15.3 Å². The van der Waals surface area contributed by atoms with E-state index in [-0.39, 0.29) is 11.4 Å². The Morgan fingerprint density at radius 3 is 2.88 bits per heavy atom. The van der Waals surface area contributed by atoms with Crippen LogP contribution in [0.5, 0.6) is 0 Å². The number of rotatable bonds is 4. The molecule has 0 atom stereocenters. The van der Waals surface area contributed by atoms with Gasteiger partial charge in [0, 0.05) is 12.7 Å². The summed E-state index contributed by atoms with van der Waals surface area (Å²) in [4.78, 5) is 19.7. The van der Waals surface area contributed by atoms with E-state index in [0.717, 1.165) is 5.56 Å². The molecule has 1 aliphatic rings. The number of para-hydroxylation sites is 1. The van der Waals surface area contributed by atoms with E-state index in [9.17, 15) is 13.2 Å². The van der Waals surface area contributed by atoms with E-state index in [1.54, 1.807) is 6.07 Å². The summed E-state index contributed by atoms with van der Waals surface area (Å²) in [5.74, 6) is -0.323. The summed E-state index contributed by atoms with van der Waals surface area (Å²) in [7, 11) is -2.12. The summed E-state index contributed by atoms with van der Waals surface area (Å²) in [5.41, 5.74) is 2.22. The van der Waals surface area contributed by atoms with Crippen molar-refractivity contribution in [1.82, 2.24) is 9.97 Å². The Hall–Kier alpha value is -2.68. The van der Waals surface area contributed by atoms with Gasteiger partial charge in [0.1, 0.15) is 17.7 Å². The van der Waals surface area contributed by atoms with Gasteiger partial charge in [0.2, 0.25) is 10.0 Å². The number of hydrogen-bond donors (Lipinski definition) is 1. The minimum Gasteiger partial charge on any atom is -0.465 e. The van der Waals surface area contributed by atoms with Gasteiger partial charge in [0.05, 0.1) is 24.7 Å². The lowest BCUT2D eigenvalue weighted by Gasteiger charge is -2.20. The third-order valence-electron chi connectivity index (χ3n) is 3.72. The molecule has 1 aromatic heterocycles. The summed E-state index contributed by atoms with van der Waals surface area (Å²) in [6.45, 7) is 0.389. The second-order valence-corrected chi connectivity index (χ2v) is 7.21. The Morgan fingerprint density at radius 2 is 2.17 bits per heavy atom. The van der Waals surface area contributed by atoms with Crippen LogP contribution in [0.3, 0.4) is 0 Å². The number of anilines is 3. The van der Waals surface area contributed by atoms with Crippen molar-refractivity contribution in [2.75, 3.05) is 29.5 Å². The molecule has 0 saturated heterocycles. The van der Waals surface area contributed by atoms with Crippen LogP contribution >= 0.6 is 0 Å². The number of ether oxygens (including phenoxy) is 1. The highest BCUT2D eigenvalue weighted by Gasteiger charge is 2.29. The van der Waals surface area contributed by atoms with Crippen LogP contribution in [0.25, 0.3) is 0 Å². The molecule has 0 fully saturated rings. The average molecular weight is 348 g/mol. The number of hydrogen-bond acceptors (Lipinski definition) is 7. The molecule has 1 aromatic carbocycles. The van der Waals surface area contributed by atoms with Crippen molar-refractivity contribution >= 4 is 33.2 Å². The molecule has 2 aromatic rings. The smallest absolute Gasteiger partial charge is 0.343 e. The predicted octanol–water partition coefficient (Wildman–Crippen LogP) is 1.33. The molecular formula is C15H16N4O4S. The van der Waals surface area contributed by atoms with E-state index in [1.165, 1.54) is 30.2 Å². The molecule has 0 aliphatic carbocycles. The first-order chi connectivity index (χ1) is 11.4. The Bertz CT molecular complexity index is 898. The molecule has 0 saturated carbocycles. The maximum absolute atomic E-state index is 12.0. The fourth-order valence-corrected chi connectivity index (χ4v) is 3.64. The van der Waals surface area contributed by atoms with Crippen molar-refractivity contribution in [3.05, 3.63) is 41.9 Å². The Balaban J connectivity index is 2.05. The Morgan fingerprint density at radius 1 is 1.38 bits per heavy atom. The van der Waals surface area contributed by atoms with Gasteiger partial charge in [-0.15, -0.1) is 0 Å². The molecule has 1 aliphatic heterocycles. The molecule has 0 amide bonds. The van der Waals surface area contributed by atoms with Gasteiger partial charge in [-0.2, -0.15) is 0 Å².